The molecule has 1 fully saturated rings. The molecule has 1 rings (SSSR count). The van der Waals surface area contributed by atoms with E-state index in [0.717, 1.165) is 45.7 Å². The molecule has 0 radical (unpaired) electrons. The molecule has 0 amide bonds. The number of nitrogens with zero attached hydrogens (tertiary/aromatic N) is 2. The van der Waals surface area contributed by atoms with Crippen molar-refractivity contribution < 1.29 is 4.79 Å². The topological polar surface area (TPSA) is 35.6 Å². The second-order valence-corrected chi connectivity index (χ2v) is 6.50. The van der Waals surface area contributed by atoms with E-state index in [1.165, 1.54) is 0 Å². The lowest BCUT2D eigenvalue weighted by atomic mass is 9.98. The zero-order chi connectivity index (χ0) is 15.1. The number of nitrogens with one attached hydrogen (secondary N) is 1. The summed E-state index contributed by atoms with van der Waals surface area (Å²) in [7, 11) is 0. The lowest BCUT2D eigenvalue weighted by Crippen LogP contribution is -2.49. The van der Waals surface area contributed by atoms with Crippen LogP contribution < -0.4 is 5.32 Å². The Bertz CT molecular complexity index is 283. The molecular formula is C16H33N3O. The van der Waals surface area contributed by atoms with Gasteiger partial charge in [0.15, 0.2) is 5.78 Å². The van der Waals surface area contributed by atoms with E-state index >= 15 is 0 Å². The molecule has 0 unspecified atom stereocenters. The third kappa shape index (κ3) is 5.90. The summed E-state index contributed by atoms with van der Waals surface area (Å²) in [5, 5.41) is 3.43. The third-order valence-electron chi connectivity index (χ3n) is 4.09. The molecule has 1 aliphatic heterocycles. The zero-order valence-corrected chi connectivity index (χ0v) is 14.0. The molecule has 118 valence electrons. The van der Waals surface area contributed by atoms with E-state index in [2.05, 4.69) is 35.9 Å². The number of hydrogen-bond donors (Lipinski definition) is 1. The molecule has 1 heterocycles. The maximum atomic E-state index is 12.3. The highest BCUT2D eigenvalue weighted by Crippen LogP contribution is 2.08. The standard InChI is InChI=1S/C16H33N3O/c1-6-18-9-11-19(12-10-18)8-7-15(17-14(4)5)16(20)13(2)3/h13-15,17H,6-12H2,1-5H3/t15-/m0/s1. The predicted octanol–water partition coefficient (Wildman–Crippen LogP) is 1.61. The first kappa shape index (κ1) is 17.6. The summed E-state index contributed by atoms with van der Waals surface area (Å²) in [5.74, 6) is 0.467. The number of Topliss-reactive ketones (excluding diaryl/α,β-unsaturated/α-hetero) is 1. The predicted molar refractivity (Wildman–Crippen MR) is 85.1 cm³/mol. The largest absolute Gasteiger partial charge is 0.305 e. The van der Waals surface area contributed by atoms with Crippen LogP contribution >= 0.6 is 0 Å². The van der Waals surface area contributed by atoms with Gasteiger partial charge in [-0.25, -0.2) is 0 Å². The molecule has 0 aliphatic carbocycles. The fourth-order valence-electron chi connectivity index (χ4n) is 2.75. The van der Waals surface area contributed by atoms with E-state index in [9.17, 15) is 4.79 Å². The number of carbonyl (C=O) groups excluding carboxylic acids is 1. The number of rotatable bonds is 8. The van der Waals surface area contributed by atoms with E-state index in [4.69, 9.17) is 0 Å². The van der Waals surface area contributed by atoms with E-state index in [0.29, 0.717) is 11.8 Å². The highest BCUT2D eigenvalue weighted by atomic mass is 16.1. The van der Waals surface area contributed by atoms with E-state index in [1.807, 2.05) is 13.8 Å². The molecule has 1 aliphatic rings. The molecule has 0 bridgehead atoms. The number of carbonyl (C=O) groups is 1. The Kier molecular flexibility index (Phi) is 7.70. The Hall–Kier alpha value is -0.450. The third-order valence-corrected chi connectivity index (χ3v) is 4.09. The fraction of sp³-hybridized carbons (Fsp3) is 0.938. The summed E-state index contributed by atoms with van der Waals surface area (Å²) in [6, 6.07) is 0.374. The Labute approximate surface area is 124 Å². The van der Waals surface area contributed by atoms with Crippen LogP contribution in [0, 0.1) is 5.92 Å². The molecule has 1 atom stereocenters. The molecule has 1 saturated heterocycles. The SMILES string of the molecule is CCN1CCN(CC[C@H](NC(C)C)C(=O)C(C)C)CC1. The molecule has 4 nitrogen and oxygen atoms in total. The van der Waals surface area contributed by atoms with Crippen LogP contribution in [0.4, 0.5) is 0 Å². The van der Waals surface area contributed by atoms with Gasteiger partial charge in [0.2, 0.25) is 0 Å². The lowest BCUT2D eigenvalue weighted by molar-refractivity contribution is -0.124. The smallest absolute Gasteiger partial charge is 0.152 e. The van der Waals surface area contributed by atoms with Crippen LogP contribution in [-0.4, -0.2) is 66.9 Å². The molecule has 1 N–H and O–H groups in total. The van der Waals surface area contributed by atoms with Gasteiger partial charge in [0.1, 0.15) is 0 Å². The van der Waals surface area contributed by atoms with Crippen molar-refractivity contribution in [3.05, 3.63) is 0 Å². The second kappa shape index (κ2) is 8.75. The van der Waals surface area contributed by atoms with Crippen molar-refractivity contribution in [3.8, 4) is 0 Å². The van der Waals surface area contributed by atoms with Crippen LogP contribution in [0.5, 0.6) is 0 Å². The quantitative estimate of drug-likeness (QED) is 0.734. The summed E-state index contributed by atoms with van der Waals surface area (Å²) >= 11 is 0. The van der Waals surface area contributed by atoms with Gasteiger partial charge in [0, 0.05) is 44.7 Å². The number of hydrogen-bond acceptors (Lipinski definition) is 4. The molecule has 0 saturated carbocycles. The zero-order valence-electron chi connectivity index (χ0n) is 14.0. The minimum atomic E-state index is 0.0132. The summed E-state index contributed by atoms with van der Waals surface area (Å²) in [5.41, 5.74) is 0. The van der Waals surface area contributed by atoms with Crippen LogP contribution in [0.1, 0.15) is 41.0 Å². The van der Waals surface area contributed by atoms with Crippen molar-refractivity contribution in [1.29, 1.82) is 0 Å². The summed E-state index contributed by atoms with van der Waals surface area (Å²) in [4.78, 5) is 17.2. The van der Waals surface area contributed by atoms with Gasteiger partial charge in [-0.2, -0.15) is 0 Å². The maximum absolute atomic E-state index is 12.3. The van der Waals surface area contributed by atoms with E-state index in [-0.39, 0.29) is 12.0 Å². The Morgan fingerprint density at radius 2 is 1.60 bits per heavy atom. The molecule has 0 aromatic rings. The molecule has 0 spiro atoms. The van der Waals surface area contributed by atoms with E-state index < -0.39 is 0 Å². The van der Waals surface area contributed by atoms with Crippen molar-refractivity contribution in [3.63, 3.8) is 0 Å². The summed E-state index contributed by atoms with van der Waals surface area (Å²) < 4.78 is 0. The Morgan fingerprint density at radius 1 is 1.05 bits per heavy atom. The van der Waals surface area contributed by atoms with Crippen molar-refractivity contribution >= 4 is 5.78 Å². The van der Waals surface area contributed by atoms with Gasteiger partial charge < -0.3 is 15.1 Å². The number of likely N-dealkylation sites (N-methyl/N-ethyl adjacent to an activating group) is 1. The second-order valence-electron chi connectivity index (χ2n) is 6.50. The first-order valence-corrected chi connectivity index (χ1v) is 8.18. The van der Waals surface area contributed by atoms with Gasteiger partial charge in [-0.3, -0.25) is 4.79 Å². The molecular weight excluding hydrogens is 250 g/mol. The first-order valence-electron chi connectivity index (χ1n) is 8.18. The average Bonchev–Trinajstić information content (AvgIpc) is 2.42. The number of piperazine rings is 1. The van der Waals surface area contributed by atoms with E-state index in [1.54, 1.807) is 0 Å². The Morgan fingerprint density at radius 3 is 2.05 bits per heavy atom. The van der Waals surface area contributed by atoms with Gasteiger partial charge in [0.25, 0.3) is 0 Å². The van der Waals surface area contributed by atoms with Crippen LogP contribution in [0.25, 0.3) is 0 Å². The van der Waals surface area contributed by atoms with Crippen LogP contribution in [-0.2, 0) is 4.79 Å². The summed E-state index contributed by atoms with van der Waals surface area (Å²) in [6.07, 6.45) is 0.932. The van der Waals surface area contributed by atoms with Crippen molar-refractivity contribution in [2.24, 2.45) is 5.92 Å². The monoisotopic (exact) mass is 283 g/mol. The first-order chi connectivity index (χ1) is 9.43. The molecule has 0 aromatic carbocycles. The maximum Gasteiger partial charge on any atom is 0.152 e. The van der Waals surface area contributed by atoms with Gasteiger partial charge in [-0.05, 0) is 13.0 Å². The normalized spacial score (nSPS) is 19.8. The van der Waals surface area contributed by atoms with Crippen LogP contribution in [0.2, 0.25) is 0 Å². The Balaban J connectivity index is 2.40. The minimum Gasteiger partial charge on any atom is -0.305 e. The van der Waals surface area contributed by atoms with Crippen molar-refractivity contribution in [1.82, 2.24) is 15.1 Å². The van der Waals surface area contributed by atoms with Gasteiger partial charge >= 0.3 is 0 Å². The lowest BCUT2D eigenvalue weighted by Gasteiger charge is -2.35. The molecule has 0 aromatic heterocycles. The average molecular weight is 283 g/mol. The summed E-state index contributed by atoms with van der Waals surface area (Å²) in [6.45, 7) is 17.2. The molecule has 20 heavy (non-hydrogen) atoms. The highest BCUT2D eigenvalue weighted by Gasteiger charge is 2.23. The van der Waals surface area contributed by atoms with Gasteiger partial charge in [-0.1, -0.05) is 34.6 Å². The van der Waals surface area contributed by atoms with Crippen molar-refractivity contribution in [2.45, 2.75) is 53.1 Å². The molecule has 4 heteroatoms. The minimum absolute atomic E-state index is 0.0132. The fourth-order valence-corrected chi connectivity index (χ4v) is 2.75. The van der Waals surface area contributed by atoms with Gasteiger partial charge in [0.05, 0.1) is 6.04 Å². The van der Waals surface area contributed by atoms with Gasteiger partial charge in [-0.15, -0.1) is 0 Å². The van der Waals surface area contributed by atoms with Crippen molar-refractivity contribution in [2.75, 3.05) is 39.3 Å². The van der Waals surface area contributed by atoms with Crippen LogP contribution in [0.3, 0.4) is 0 Å². The van der Waals surface area contributed by atoms with Crippen LogP contribution in [0.15, 0.2) is 0 Å². The highest BCUT2D eigenvalue weighted by molar-refractivity contribution is 5.85. The number of ketones is 1.